The van der Waals surface area contributed by atoms with Crippen LogP contribution in [0, 0.1) is 6.92 Å². The second-order valence-electron chi connectivity index (χ2n) is 5.66. The highest BCUT2D eigenvalue weighted by atomic mass is 35.5. The number of rotatable bonds is 7. The molecular formula is C20H21ClO3. The van der Waals surface area contributed by atoms with Crippen molar-refractivity contribution in [1.82, 2.24) is 0 Å². The maximum Gasteiger partial charge on any atom is 0.321 e. The Morgan fingerprint density at radius 2 is 1.79 bits per heavy atom. The molecule has 0 fully saturated rings. The highest BCUT2D eigenvalue weighted by molar-refractivity contribution is 6.35. The first kappa shape index (κ1) is 18.2. The number of hydrogen-bond acceptors (Lipinski definition) is 3. The van der Waals surface area contributed by atoms with Gasteiger partial charge in [0, 0.05) is 5.56 Å². The molecule has 2 aromatic carbocycles. The third-order valence-electron chi connectivity index (χ3n) is 3.84. The Morgan fingerprint density at radius 3 is 2.42 bits per heavy atom. The van der Waals surface area contributed by atoms with E-state index < -0.39 is 11.9 Å². The summed E-state index contributed by atoms with van der Waals surface area (Å²) in [6.45, 7) is 4.14. The molecule has 0 aliphatic carbocycles. The SMILES string of the molecule is CCCCOC(=O)C(C(=O)c1c(C)cccc1Cl)c1ccccc1. The van der Waals surface area contributed by atoms with Gasteiger partial charge in [0.15, 0.2) is 5.78 Å². The van der Waals surface area contributed by atoms with E-state index in [0.29, 0.717) is 22.8 Å². The number of ketones is 1. The van der Waals surface area contributed by atoms with Crippen molar-refractivity contribution >= 4 is 23.4 Å². The standard InChI is InChI=1S/C20H21ClO3/c1-3-4-13-24-20(23)18(15-10-6-5-7-11-15)19(22)17-14(2)9-8-12-16(17)21/h5-12,18H,3-4,13H2,1-2H3. The number of hydrogen-bond donors (Lipinski definition) is 0. The van der Waals surface area contributed by atoms with E-state index in [9.17, 15) is 9.59 Å². The highest BCUT2D eigenvalue weighted by Crippen LogP contribution is 2.28. The number of carbonyl (C=O) groups excluding carboxylic acids is 2. The number of carbonyl (C=O) groups is 2. The Hall–Kier alpha value is -2.13. The van der Waals surface area contributed by atoms with Crippen molar-refractivity contribution in [3.63, 3.8) is 0 Å². The molecule has 4 heteroatoms. The van der Waals surface area contributed by atoms with Crippen LogP contribution in [0.2, 0.25) is 5.02 Å². The van der Waals surface area contributed by atoms with E-state index >= 15 is 0 Å². The van der Waals surface area contributed by atoms with Gasteiger partial charge in [-0.05, 0) is 30.5 Å². The molecule has 2 aromatic rings. The molecule has 0 bridgehead atoms. The number of ether oxygens (including phenoxy) is 1. The monoisotopic (exact) mass is 344 g/mol. The number of Topliss-reactive ketones (excluding diaryl/α,β-unsaturated/α-hetero) is 1. The summed E-state index contributed by atoms with van der Waals surface area (Å²) < 4.78 is 5.32. The zero-order valence-corrected chi connectivity index (χ0v) is 14.7. The van der Waals surface area contributed by atoms with Gasteiger partial charge in [0.25, 0.3) is 0 Å². The zero-order valence-electron chi connectivity index (χ0n) is 13.9. The predicted octanol–water partition coefficient (Wildman–Crippen LogP) is 4.96. The quantitative estimate of drug-likeness (QED) is 0.308. The lowest BCUT2D eigenvalue weighted by atomic mass is 9.89. The molecule has 3 nitrogen and oxygen atoms in total. The zero-order chi connectivity index (χ0) is 17.5. The van der Waals surface area contributed by atoms with Crippen molar-refractivity contribution < 1.29 is 14.3 Å². The Bertz CT molecular complexity index is 690. The Kier molecular flexibility index (Phi) is 6.56. The van der Waals surface area contributed by atoms with Gasteiger partial charge < -0.3 is 4.74 Å². The molecule has 0 aromatic heterocycles. The molecule has 0 aliphatic heterocycles. The summed E-state index contributed by atoms with van der Waals surface area (Å²) in [4.78, 5) is 25.6. The molecule has 0 heterocycles. The molecule has 0 spiro atoms. The minimum absolute atomic E-state index is 0.313. The minimum atomic E-state index is -0.998. The van der Waals surface area contributed by atoms with E-state index in [4.69, 9.17) is 16.3 Å². The Labute approximate surface area is 147 Å². The molecule has 0 aliphatic rings. The van der Waals surface area contributed by atoms with Gasteiger partial charge in [-0.3, -0.25) is 9.59 Å². The lowest BCUT2D eigenvalue weighted by Gasteiger charge is -2.17. The highest BCUT2D eigenvalue weighted by Gasteiger charge is 2.32. The van der Waals surface area contributed by atoms with E-state index in [1.54, 1.807) is 36.4 Å². The van der Waals surface area contributed by atoms with Crippen molar-refractivity contribution in [2.75, 3.05) is 6.61 Å². The molecule has 0 amide bonds. The maximum absolute atomic E-state index is 13.1. The summed E-state index contributed by atoms with van der Waals surface area (Å²) in [6, 6.07) is 14.2. The summed E-state index contributed by atoms with van der Waals surface area (Å²) in [7, 11) is 0. The van der Waals surface area contributed by atoms with Crippen LogP contribution in [-0.2, 0) is 9.53 Å². The summed E-state index contributed by atoms with van der Waals surface area (Å²) in [6.07, 6.45) is 1.69. The molecular weight excluding hydrogens is 324 g/mol. The fourth-order valence-electron chi connectivity index (χ4n) is 2.53. The molecule has 1 unspecified atom stereocenters. The largest absolute Gasteiger partial charge is 0.465 e. The fourth-order valence-corrected chi connectivity index (χ4v) is 2.84. The van der Waals surface area contributed by atoms with Crippen LogP contribution in [0.5, 0.6) is 0 Å². The molecule has 2 rings (SSSR count). The van der Waals surface area contributed by atoms with Gasteiger partial charge >= 0.3 is 5.97 Å². The van der Waals surface area contributed by atoms with Crippen molar-refractivity contribution in [1.29, 1.82) is 0 Å². The van der Waals surface area contributed by atoms with Crippen LogP contribution in [0.1, 0.15) is 47.2 Å². The average molecular weight is 345 g/mol. The summed E-state index contributed by atoms with van der Waals surface area (Å²) in [5.74, 6) is -1.86. The number of esters is 1. The first-order chi connectivity index (χ1) is 11.6. The fraction of sp³-hybridized carbons (Fsp3) is 0.300. The molecule has 0 N–H and O–H groups in total. The van der Waals surface area contributed by atoms with E-state index in [1.165, 1.54) is 0 Å². The number of unbranched alkanes of at least 4 members (excludes halogenated alkanes) is 1. The van der Waals surface area contributed by atoms with Crippen molar-refractivity contribution in [3.05, 3.63) is 70.2 Å². The van der Waals surface area contributed by atoms with Crippen LogP contribution in [0.25, 0.3) is 0 Å². The minimum Gasteiger partial charge on any atom is -0.465 e. The molecule has 0 saturated carbocycles. The van der Waals surface area contributed by atoms with E-state index in [-0.39, 0.29) is 5.78 Å². The second-order valence-corrected chi connectivity index (χ2v) is 6.07. The lowest BCUT2D eigenvalue weighted by molar-refractivity contribution is -0.144. The molecule has 126 valence electrons. The molecule has 0 saturated heterocycles. The van der Waals surface area contributed by atoms with Crippen LogP contribution in [0.15, 0.2) is 48.5 Å². The molecule has 24 heavy (non-hydrogen) atoms. The van der Waals surface area contributed by atoms with Crippen molar-refractivity contribution in [3.8, 4) is 0 Å². The van der Waals surface area contributed by atoms with Gasteiger partial charge in [0.2, 0.25) is 0 Å². The molecule has 1 atom stereocenters. The van der Waals surface area contributed by atoms with Crippen LogP contribution in [0.4, 0.5) is 0 Å². The van der Waals surface area contributed by atoms with Gasteiger partial charge in [-0.2, -0.15) is 0 Å². The Balaban J connectivity index is 2.39. The van der Waals surface area contributed by atoms with Crippen LogP contribution in [0.3, 0.4) is 0 Å². The first-order valence-corrected chi connectivity index (χ1v) is 8.45. The first-order valence-electron chi connectivity index (χ1n) is 8.07. The molecule has 0 radical (unpaired) electrons. The third kappa shape index (κ3) is 4.24. The van der Waals surface area contributed by atoms with Crippen LogP contribution >= 0.6 is 11.6 Å². The number of benzene rings is 2. The van der Waals surface area contributed by atoms with Gasteiger partial charge in [0.05, 0.1) is 11.6 Å². The van der Waals surface area contributed by atoms with Crippen molar-refractivity contribution in [2.45, 2.75) is 32.6 Å². The van der Waals surface area contributed by atoms with Gasteiger partial charge in [-0.1, -0.05) is 67.4 Å². The van der Waals surface area contributed by atoms with E-state index in [1.807, 2.05) is 26.0 Å². The topological polar surface area (TPSA) is 43.4 Å². The van der Waals surface area contributed by atoms with Gasteiger partial charge in [0.1, 0.15) is 5.92 Å². The van der Waals surface area contributed by atoms with Gasteiger partial charge in [-0.25, -0.2) is 0 Å². The normalized spacial score (nSPS) is 11.8. The van der Waals surface area contributed by atoms with Crippen LogP contribution in [-0.4, -0.2) is 18.4 Å². The smallest absolute Gasteiger partial charge is 0.321 e. The second kappa shape index (κ2) is 8.65. The number of aryl methyl sites for hydroxylation is 1. The summed E-state index contributed by atoms with van der Waals surface area (Å²) in [5.41, 5.74) is 1.73. The van der Waals surface area contributed by atoms with E-state index in [0.717, 1.165) is 18.4 Å². The summed E-state index contributed by atoms with van der Waals surface area (Å²) in [5, 5.41) is 0.349. The van der Waals surface area contributed by atoms with Crippen LogP contribution < -0.4 is 0 Å². The van der Waals surface area contributed by atoms with Gasteiger partial charge in [-0.15, -0.1) is 0 Å². The van der Waals surface area contributed by atoms with Crippen molar-refractivity contribution in [2.24, 2.45) is 0 Å². The third-order valence-corrected chi connectivity index (χ3v) is 4.16. The predicted molar refractivity (Wildman–Crippen MR) is 95.6 cm³/mol. The lowest BCUT2D eigenvalue weighted by Crippen LogP contribution is -2.25. The van der Waals surface area contributed by atoms with E-state index in [2.05, 4.69) is 0 Å². The average Bonchev–Trinajstić information content (AvgIpc) is 2.56. The number of halogens is 1. The Morgan fingerprint density at radius 1 is 1.08 bits per heavy atom. The maximum atomic E-state index is 13.1. The summed E-state index contributed by atoms with van der Waals surface area (Å²) >= 11 is 6.21.